The Morgan fingerprint density at radius 2 is 1.90 bits per heavy atom. The van der Waals surface area contributed by atoms with Crippen molar-refractivity contribution in [1.29, 1.82) is 0 Å². The summed E-state index contributed by atoms with van der Waals surface area (Å²) < 4.78 is 5.44. The molecule has 114 valence electrons. The molecule has 0 saturated carbocycles. The van der Waals surface area contributed by atoms with Crippen LogP contribution in [0.1, 0.15) is 26.3 Å². The largest absolute Gasteiger partial charge is 0.484 e. The highest BCUT2D eigenvalue weighted by atomic mass is 35.5. The molecule has 0 aromatic heterocycles. The van der Waals surface area contributed by atoms with E-state index in [1.54, 1.807) is 0 Å². The van der Waals surface area contributed by atoms with Crippen molar-refractivity contribution in [1.82, 2.24) is 5.32 Å². The van der Waals surface area contributed by atoms with E-state index in [4.69, 9.17) is 10.5 Å². The third-order valence-corrected chi connectivity index (χ3v) is 3.51. The highest BCUT2D eigenvalue weighted by molar-refractivity contribution is 5.85. The van der Waals surface area contributed by atoms with E-state index in [0.717, 1.165) is 5.56 Å². The van der Waals surface area contributed by atoms with E-state index in [1.165, 1.54) is 0 Å². The molecule has 0 heterocycles. The molecule has 1 unspecified atom stereocenters. The van der Waals surface area contributed by atoms with Crippen molar-refractivity contribution in [2.75, 3.05) is 13.2 Å². The predicted molar refractivity (Wildman–Crippen MR) is 84.4 cm³/mol. The quantitative estimate of drug-likeness (QED) is 0.847. The minimum absolute atomic E-state index is 0. The summed E-state index contributed by atoms with van der Waals surface area (Å²) in [5.74, 6) is 0.808. The van der Waals surface area contributed by atoms with Crippen molar-refractivity contribution in [3.63, 3.8) is 0 Å². The zero-order valence-electron chi connectivity index (χ0n) is 12.6. The lowest BCUT2D eigenvalue weighted by atomic mass is 9.88. The van der Waals surface area contributed by atoms with Crippen LogP contribution in [0.25, 0.3) is 0 Å². The summed E-state index contributed by atoms with van der Waals surface area (Å²) in [6.07, 6.45) is 0. The average Bonchev–Trinajstić information content (AvgIpc) is 2.37. The van der Waals surface area contributed by atoms with Gasteiger partial charge in [0.15, 0.2) is 6.61 Å². The average molecular weight is 301 g/mol. The van der Waals surface area contributed by atoms with E-state index in [9.17, 15) is 4.79 Å². The van der Waals surface area contributed by atoms with Crippen LogP contribution >= 0.6 is 12.4 Å². The maximum atomic E-state index is 11.9. The molecule has 0 saturated heterocycles. The predicted octanol–water partition coefficient (Wildman–Crippen LogP) is 2.29. The molecule has 0 radical (unpaired) electrons. The second-order valence-electron chi connectivity index (χ2n) is 5.43. The second-order valence-corrected chi connectivity index (χ2v) is 5.43. The van der Waals surface area contributed by atoms with Crippen molar-refractivity contribution in [2.45, 2.75) is 33.2 Å². The number of nitrogens with one attached hydrogen (secondary N) is 1. The van der Waals surface area contributed by atoms with Crippen molar-refractivity contribution >= 4 is 18.3 Å². The molecule has 5 heteroatoms. The number of nitrogens with two attached hydrogens (primary N) is 1. The second kappa shape index (κ2) is 8.12. The summed E-state index contributed by atoms with van der Waals surface area (Å²) in [4.78, 5) is 11.9. The van der Waals surface area contributed by atoms with Crippen LogP contribution in [-0.2, 0) is 4.79 Å². The van der Waals surface area contributed by atoms with Crippen LogP contribution < -0.4 is 15.8 Å². The number of carbonyl (C=O) groups is 1. The van der Waals surface area contributed by atoms with E-state index in [-0.39, 0.29) is 30.8 Å². The molecular formula is C15H25ClN2O2. The number of rotatable bonds is 6. The Morgan fingerprint density at radius 3 is 2.35 bits per heavy atom. The fraction of sp³-hybridized carbons (Fsp3) is 0.533. The van der Waals surface area contributed by atoms with Gasteiger partial charge in [0, 0.05) is 6.54 Å². The van der Waals surface area contributed by atoms with Gasteiger partial charge in [-0.25, -0.2) is 0 Å². The van der Waals surface area contributed by atoms with Crippen molar-refractivity contribution in [3.05, 3.63) is 29.8 Å². The summed E-state index contributed by atoms with van der Waals surface area (Å²) in [6.45, 7) is 8.43. The van der Waals surface area contributed by atoms with Crippen LogP contribution in [0, 0.1) is 12.8 Å². The fourth-order valence-electron chi connectivity index (χ4n) is 1.57. The summed E-state index contributed by atoms with van der Waals surface area (Å²) in [5, 5.41) is 2.94. The monoisotopic (exact) mass is 300 g/mol. The molecule has 1 amide bonds. The van der Waals surface area contributed by atoms with Gasteiger partial charge < -0.3 is 15.8 Å². The van der Waals surface area contributed by atoms with Crippen LogP contribution in [-0.4, -0.2) is 24.6 Å². The van der Waals surface area contributed by atoms with Gasteiger partial charge in [0.1, 0.15) is 5.75 Å². The molecular weight excluding hydrogens is 276 g/mol. The van der Waals surface area contributed by atoms with Crippen LogP contribution in [0.2, 0.25) is 0 Å². The molecule has 0 aliphatic carbocycles. The summed E-state index contributed by atoms with van der Waals surface area (Å²) in [6, 6.07) is 7.61. The van der Waals surface area contributed by atoms with Gasteiger partial charge in [0.2, 0.25) is 0 Å². The first-order valence-corrected chi connectivity index (χ1v) is 6.58. The minimum atomic E-state index is -0.395. The Kier molecular flexibility index (Phi) is 7.61. The molecule has 1 aromatic rings. The third kappa shape index (κ3) is 5.39. The Labute approximate surface area is 127 Å². The topological polar surface area (TPSA) is 64.3 Å². The molecule has 0 fully saturated rings. The number of benzene rings is 1. The molecule has 0 aliphatic heterocycles. The zero-order chi connectivity index (χ0) is 14.5. The van der Waals surface area contributed by atoms with E-state index in [1.807, 2.05) is 52.0 Å². The van der Waals surface area contributed by atoms with Crippen molar-refractivity contribution in [3.8, 4) is 5.75 Å². The zero-order valence-corrected chi connectivity index (χ0v) is 13.4. The van der Waals surface area contributed by atoms with Gasteiger partial charge in [-0.05, 0) is 31.9 Å². The van der Waals surface area contributed by atoms with Crippen molar-refractivity contribution < 1.29 is 9.53 Å². The Bertz CT molecular complexity index is 420. The smallest absolute Gasteiger partial charge is 0.258 e. The van der Waals surface area contributed by atoms with Gasteiger partial charge in [-0.15, -0.1) is 12.4 Å². The molecule has 4 nitrogen and oxygen atoms in total. The van der Waals surface area contributed by atoms with E-state index >= 15 is 0 Å². The highest BCUT2D eigenvalue weighted by Crippen LogP contribution is 2.15. The summed E-state index contributed by atoms with van der Waals surface area (Å²) in [5.41, 5.74) is 6.49. The van der Waals surface area contributed by atoms with Gasteiger partial charge in [0.25, 0.3) is 5.91 Å². The number of amides is 1. The van der Waals surface area contributed by atoms with Crippen LogP contribution in [0.5, 0.6) is 5.75 Å². The summed E-state index contributed by atoms with van der Waals surface area (Å²) in [7, 11) is 0. The molecule has 0 aliphatic rings. The van der Waals surface area contributed by atoms with E-state index in [0.29, 0.717) is 12.3 Å². The third-order valence-electron chi connectivity index (χ3n) is 3.51. The van der Waals surface area contributed by atoms with Crippen LogP contribution in [0.15, 0.2) is 24.3 Å². The number of carbonyl (C=O) groups excluding carboxylic acids is 1. The fourth-order valence-corrected chi connectivity index (χ4v) is 1.57. The Hall–Kier alpha value is -1.26. The Balaban J connectivity index is 0.00000361. The SMILES string of the molecule is Cc1ccc(OCC(=O)NC(C)(CN)C(C)C)cc1.Cl. The van der Waals surface area contributed by atoms with Crippen molar-refractivity contribution in [2.24, 2.45) is 11.7 Å². The van der Waals surface area contributed by atoms with Gasteiger partial charge in [-0.2, -0.15) is 0 Å². The molecule has 1 aromatic carbocycles. The maximum Gasteiger partial charge on any atom is 0.258 e. The van der Waals surface area contributed by atoms with Gasteiger partial charge in [-0.3, -0.25) is 4.79 Å². The standard InChI is InChI=1S/C15H24N2O2.ClH/c1-11(2)15(4,10-16)17-14(18)9-19-13-7-5-12(3)6-8-13;/h5-8,11H,9-10,16H2,1-4H3,(H,17,18);1H. The lowest BCUT2D eigenvalue weighted by Gasteiger charge is -2.33. The number of ether oxygens (including phenoxy) is 1. The number of aryl methyl sites for hydroxylation is 1. The van der Waals surface area contributed by atoms with E-state index in [2.05, 4.69) is 5.32 Å². The molecule has 20 heavy (non-hydrogen) atoms. The number of hydrogen-bond donors (Lipinski definition) is 2. The van der Waals surface area contributed by atoms with E-state index < -0.39 is 5.54 Å². The van der Waals surface area contributed by atoms with Gasteiger partial charge in [-0.1, -0.05) is 31.5 Å². The number of halogens is 1. The lowest BCUT2D eigenvalue weighted by molar-refractivity contribution is -0.125. The molecule has 0 spiro atoms. The summed E-state index contributed by atoms with van der Waals surface area (Å²) >= 11 is 0. The van der Waals surface area contributed by atoms with Gasteiger partial charge in [0.05, 0.1) is 5.54 Å². The number of hydrogen-bond acceptors (Lipinski definition) is 3. The lowest BCUT2D eigenvalue weighted by Crippen LogP contribution is -2.56. The first-order chi connectivity index (χ1) is 8.87. The molecule has 1 rings (SSSR count). The van der Waals surface area contributed by atoms with Crippen LogP contribution in [0.4, 0.5) is 0 Å². The normalized spacial score (nSPS) is 13.3. The Morgan fingerprint density at radius 1 is 1.35 bits per heavy atom. The molecule has 1 atom stereocenters. The maximum absolute atomic E-state index is 11.9. The van der Waals surface area contributed by atoms with Crippen LogP contribution in [0.3, 0.4) is 0 Å². The van der Waals surface area contributed by atoms with Gasteiger partial charge >= 0.3 is 0 Å². The molecule has 3 N–H and O–H groups in total. The first-order valence-electron chi connectivity index (χ1n) is 6.58. The first kappa shape index (κ1) is 18.7. The highest BCUT2D eigenvalue weighted by Gasteiger charge is 2.28. The molecule has 0 bridgehead atoms. The minimum Gasteiger partial charge on any atom is -0.484 e.